The maximum Gasteiger partial charge on any atom is 0.269 e. The van der Waals surface area contributed by atoms with E-state index in [2.05, 4.69) is 10.3 Å². The fraction of sp³-hybridized carbons (Fsp3) is 0.250. The minimum absolute atomic E-state index is 0.142. The van der Waals surface area contributed by atoms with Crippen LogP contribution < -0.4 is 4.90 Å². The number of nitro benzene ring substituents is 1. The second kappa shape index (κ2) is 11.4. The highest BCUT2D eigenvalue weighted by Gasteiger charge is 2.55. The molecule has 0 N–H and O–H groups in total. The number of benzene rings is 3. The molecule has 1 saturated carbocycles. The van der Waals surface area contributed by atoms with Crippen molar-refractivity contribution >= 4 is 40.9 Å². The first-order chi connectivity index (χ1) is 22.2. The number of anilines is 1. The molecule has 3 aromatic rings. The van der Waals surface area contributed by atoms with Gasteiger partial charge in [0.1, 0.15) is 18.2 Å². The van der Waals surface area contributed by atoms with Crippen molar-refractivity contribution in [3.8, 4) is 0 Å². The number of halogens is 2. The van der Waals surface area contributed by atoms with Crippen molar-refractivity contribution in [3.05, 3.63) is 111 Å². The Morgan fingerprint density at radius 3 is 2.28 bits per heavy atom. The lowest BCUT2D eigenvalue weighted by Gasteiger charge is -2.30. The molecule has 1 aliphatic carbocycles. The molecule has 46 heavy (non-hydrogen) atoms. The first-order valence-corrected chi connectivity index (χ1v) is 14.6. The molecule has 0 spiro atoms. The van der Waals surface area contributed by atoms with Gasteiger partial charge in [-0.1, -0.05) is 29.5 Å². The van der Waals surface area contributed by atoms with Crippen molar-refractivity contribution in [2.24, 2.45) is 21.4 Å². The Kier molecular flexibility index (Phi) is 7.18. The first-order valence-electron chi connectivity index (χ1n) is 14.6. The standard InChI is InChI=1S/C32H25F2N7O5/c33-21-8-4-18(5-9-21)16-20-2-1-3-25-27(20)36-40(29(25)19-6-10-22(34)11-7-19)26(42)17-38-30-28(35-37-38)31(43)39(32(30)44)23-12-14-24(15-13-23)41(45)46/h4-16,25,28-30H,1-3,17H2/b20-16-/t25-,28+,29-,30+/m0/s1. The van der Waals surface area contributed by atoms with Gasteiger partial charge in [0.05, 0.1) is 22.4 Å². The summed E-state index contributed by atoms with van der Waals surface area (Å²) in [4.78, 5) is 52.0. The fourth-order valence-corrected chi connectivity index (χ4v) is 6.50. The highest BCUT2D eigenvalue weighted by molar-refractivity contribution is 6.25. The van der Waals surface area contributed by atoms with Gasteiger partial charge >= 0.3 is 0 Å². The molecule has 0 radical (unpaired) electrons. The summed E-state index contributed by atoms with van der Waals surface area (Å²) in [5.74, 6) is -2.81. The molecule has 14 heteroatoms. The van der Waals surface area contributed by atoms with Gasteiger partial charge in [0.25, 0.3) is 23.4 Å². The molecule has 7 rings (SSSR count). The van der Waals surface area contributed by atoms with Crippen LogP contribution in [0.5, 0.6) is 0 Å². The number of hydrogen-bond donors (Lipinski definition) is 0. The van der Waals surface area contributed by atoms with Gasteiger partial charge in [-0.15, -0.1) is 0 Å². The lowest BCUT2D eigenvalue weighted by molar-refractivity contribution is -0.384. The monoisotopic (exact) mass is 625 g/mol. The van der Waals surface area contributed by atoms with E-state index in [0.29, 0.717) is 17.7 Å². The molecule has 3 heterocycles. The summed E-state index contributed by atoms with van der Waals surface area (Å²) in [5.41, 5.74) is 3.02. The van der Waals surface area contributed by atoms with E-state index in [-0.39, 0.29) is 23.1 Å². The number of amides is 3. The summed E-state index contributed by atoms with van der Waals surface area (Å²) in [6, 6.07) is 14.0. The Morgan fingerprint density at radius 2 is 1.61 bits per heavy atom. The van der Waals surface area contributed by atoms with Crippen LogP contribution in [-0.4, -0.2) is 57.0 Å². The highest BCUT2D eigenvalue weighted by atomic mass is 19.1. The predicted molar refractivity (Wildman–Crippen MR) is 160 cm³/mol. The lowest BCUT2D eigenvalue weighted by atomic mass is 9.77. The number of non-ortho nitro benzene ring substituents is 1. The van der Waals surface area contributed by atoms with Crippen LogP contribution in [-0.2, 0) is 14.4 Å². The average Bonchev–Trinajstić information content (AvgIpc) is 3.72. The molecular weight excluding hydrogens is 600 g/mol. The normalized spacial score (nSPS) is 24.4. The molecule has 232 valence electrons. The van der Waals surface area contributed by atoms with Gasteiger partial charge in [-0.25, -0.2) is 18.7 Å². The number of carbonyl (C=O) groups excluding carboxylic acids is 3. The Labute approximate surface area is 260 Å². The zero-order valence-corrected chi connectivity index (χ0v) is 24.1. The SMILES string of the molecule is O=C1[C@@H]2N=NN(CC(=O)N3N=C4/C(=C\c5ccc(F)cc5)CCC[C@@H]4[C@@H]3c3ccc(F)cc3)[C@H]2C(=O)N1c1ccc([N+](=O)[O-])cc1. The summed E-state index contributed by atoms with van der Waals surface area (Å²) in [5, 5.41) is 26.3. The third-order valence-corrected chi connectivity index (χ3v) is 8.65. The number of carbonyl (C=O) groups is 3. The number of rotatable bonds is 6. The summed E-state index contributed by atoms with van der Waals surface area (Å²) in [6.45, 7) is -0.421. The van der Waals surface area contributed by atoms with Crippen molar-refractivity contribution in [2.45, 2.75) is 37.4 Å². The van der Waals surface area contributed by atoms with E-state index >= 15 is 0 Å². The second-order valence-corrected chi connectivity index (χ2v) is 11.4. The summed E-state index contributed by atoms with van der Waals surface area (Å²) >= 11 is 0. The minimum Gasteiger partial charge on any atom is -0.271 e. The van der Waals surface area contributed by atoms with Crippen molar-refractivity contribution in [2.75, 3.05) is 11.4 Å². The quantitative estimate of drug-likeness (QED) is 0.215. The van der Waals surface area contributed by atoms with Gasteiger partial charge in [-0.05, 0) is 78.4 Å². The van der Waals surface area contributed by atoms with Gasteiger partial charge in [-0.3, -0.25) is 29.5 Å². The van der Waals surface area contributed by atoms with Crippen LogP contribution in [0.25, 0.3) is 6.08 Å². The summed E-state index contributed by atoms with van der Waals surface area (Å²) in [7, 11) is 0. The lowest BCUT2D eigenvalue weighted by Crippen LogP contribution is -2.45. The van der Waals surface area contributed by atoms with Crippen molar-refractivity contribution in [1.29, 1.82) is 0 Å². The maximum atomic E-state index is 14.0. The maximum absolute atomic E-state index is 14.0. The van der Waals surface area contributed by atoms with E-state index in [1.807, 2.05) is 6.08 Å². The molecular formula is C32H25F2N7O5. The predicted octanol–water partition coefficient (Wildman–Crippen LogP) is 4.99. The molecule has 0 bridgehead atoms. The van der Waals surface area contributed by atoms with E-state index in [1.165, 1.54) is 53.5 Å². The number of allylic oxidation sites excluding steroid dienone is 1. The molecule has 1 saturated heterocycles. The third kappa shape index (κ3) is 5.01. The van der Waals surface area contributed by atoms with E-state index in [1.54, 1.807) is 24.3 Å². The van der Waals surface area contributed by atoms with E-state index in [0.717, 1.165) is 33.9 Å². The number of nitrogens with zero attached hydrogens (tertiary/aromatic N) is 7. The average molecular weight is 626 g/mol. The molecule has 0 aromatic heterocycles. The zero-order chi connectivity index (χ0) is 32.1. The molecule has 3 aliphatic heterocycles. The Bertz CT molecular complexity index is 1840. The van der Waals surface area contributed by atoms with E-state index in [9.17, 15) is 33.3 Å². The van der Waals surface area contributed by atoms with E-state index in [4.69, 9.17) is 5.10 Å². The Hall–Kier alpha value is -5.66. The van der Waals surface area contributed by atoms with Gasteiger partial charge in [0.2, 0.25) is 0 Å². The smallest absolute Gasteiger partial charge is 0.269 e. The fourth-order valence-electron chi connectivity index (χ4n) is 6.50. The number of nitro groups is 1. The van der Waals surface area contributed by atoms with Crippen LogP contribution in [0.3, 0.4) is 0 Å². The van der Waals surface area contributed by atoms with Crippen molar-refractivity contribution < 1.29 is 28.1 Å². The van der Waals surface area contributed by atoms with E-state index < -0.39 is 53.1 Å². The number of hydrazone groups is 1. The number of imide groups is 1. The first kappa shape index (κ1) is 29.1. The van der Waals surface area contributed by atoms with Gasteiger partial charge in [0, 0.05) is 18.1 Å². The largest absolute Gasteiger partial charge is 0.271 e. The number of hydrogen-bond acceptors (Lipinski definition) is 9. The zero-order valence-electron chi connectivity index (χ0n) is 24.1. The van der Waals surface area contributed by atoms with Gasteiger partial charge in [0.15, 0.2) is 12.1 Å². The van der Waals surface area contributed by atoms with Crippen LogP contribution in [0.4, 0.5) is 20.2 Å². The van der Waals surface area contributed by atoms with Crippen LogP contribution >= 0.6 is 0 Å². The van der Waals surface area contributed by atoms with Gasteiger partial charge < -0.3 is 0 Å². The highest BCUT2D eigenvalue weighted by Crippen LogP contribution is 2.45. The van der Waals surface area contributed by atoms with Crippen molar-refractivity contribution in [3.63, 3.8) is 0 Å². The third-order valence-electron chi connectivity index (χ3n) is 8.65. The number of fused-ring (bicyclic) bond motifs is 2. The molecule has 0 unspecified atom stereocenters. The topological polar surface area (TPSA) is 141 Å². The second-order valence-electron chi connectivity index (χ2n) is 11.4. The minimum atomic E-state index is -1.18. The Balaban J connectivity index is 1.17. The van der Waals surface area contributed by atoms with Crippen molar-refractivity contribution in [1.82, 2.24) is 10.0 Å². The van der Waals surface area contributed by atoms with Crippen LogP contribution in [0.1, 0.15) is 36.4 Å². The molecule has 12 nitrogen and oxygen atoms in total. The Morgan fingerprint density at radius 1 is 0.935 bits per heavy atom. The molecule has 3 amide bonds. The molecule has 4 aliphatic rings. The van der Waals surface area contributed by atoms with Crippen LogP contribution in [0.2, 0.25) is 0 Å². The summed E-state index contributed by atoms with van der Waals surface area (Å²) < 4.78 is 27.4. The summed E-state index contributed by atoms with van der Waals surface area (Å²) in [6.07, 6.45) is 4.16. The molecule has 3 aromatic carbocycles. The van der Waals surface area contributed by atoms with Crippen LogP contribution in [0.15, 0.2) is 93.8 Å². The molecule has 2 fully saturated rings. The van der Waals surface area contributed by atoms with Crippen LogP contribution in [0, 0.1) is 27.7 Å². The van der Waals surface area contributed by atoms with Gasteiger partial charge in [-0.2, -0.15) is 10.2 Å². The molecule has 4 atom stereocenters.